The van der Waals surface area contributed by atoms with Crippen LogP contribution in [0.1, 0.15) is 63.9 Å². The lowest BCUT2D eigenvalue weighted by atomic mass is 9.88. The van der Waals surface area contributed by atoms with Crippen molar-refractivity contribution in [3.05, 3.63) is 75.7 Å². The number of thiophene rings is 1. The van der Waals surface area contributed by atoms with Crippen LogP contribution in [0, 0.1) is 12.8 Å². The average Bonchev–Trinajstić information content (AvgIpc) is 3.22. The Balaban J connectivity index is 1.42. The number of fused-ring (bicyclic) bond motifs is 1. The Morgan fingerprint density at radius 3 is 2.43 bits per heavy atom. The second-order valence-electron chi connectivity index (χ2n) is 9.37. The minimum atomic E-state index is -0.729. The molecule has 0 spiro atoms. The van der Waals surface area contributed by atoms with Crippen LogP contribution in [-0.4, -0.2) is 30.5 Å². The van der Waals surface area contributed by atoms with Crippen molar-refractivity contribution in [1.29, 1.82) is 0 Å². The molecule has 37 heavy (non-hydrogen) atoms. The zero-order valence-electron chi connectivity index (χ0n) is 21.6. The molecule has 4 rings (SSSR count). The van der Waals surface area contributed by atoms with E-state index in [0.29, 0.717) is 33.5 Å². The van der Waals surface area contributed by atoms with Crippen molar-refractivity contribution >= 4 is 39.8 Å². The van der Waals surface area contributed by atoms with Crippen LogP contribution >= 0.6 is 11.3 Å². The maximum Gasteiger partial charge on any atom is 0.341 e. The first-order valence-corrected chi connectivity index (χ1v) is 13.3. The number of hydrogen-bond acceptors (Lipinski definition) is 6. The Kier molecular flexibility index (Phi) is 8.28. The summed E-state index contributed by atoms with van der Waals surface area (Å²) in [6.07, 6.45) is 1.97. The Bertz CT molecular complexity index is 1280. The second-order valence-corrected chi connectivity index (χ2v) is 10.5. The predicted octanol–water partition coefficient (Wildman–Crippen LogP) is 6.02. The van der Waals surface area contributed by atoms with Crippen molar-refractivity contribution in [2.45, 2.75) is 53.1 Å². The van der Waals surface area contributed by atoms with E-state index in [1.165, 1.54) is 11.3 Å². The van der Waals surface area contributed by atoms with Gasteiger partial charge in [0.1, 0.15) is 10.8 Å². The lowest BCUT2D eigenvalue weighted by Gasteiger charge is -2.18. The summed E-state index contributed by atoms with van der Waals surface area (Å²) in [5.41, 5.74) is 3.70. The molecule has 1 aromatic heterocycles. The number of anilines is 2. The highest BCUT2D eigenvalue weighted by Crippen LogP contribution is 2.40. The van der Waals surface area contributed by atoms with Gasteiger partial charge in [-0.1, -0.05) is 24.6 Å². The zero-order chi connectivity index (χ0) is 26.5. The molecule has 3 aromatic rings. The quantitative estimate of drug-likeness (QED) is 0.355. The molecule has 0 saturated carbocycles. The standard InChI is InChI=1S/C29H32N2O5S/c1-5-35-29(34)25-23-15-8-18(3)16-24(23)37-28(25)31-27(33)20-9-13-22(14-10-20)36-19(4)26(32)30-21-11-6-17(2)7-12-21/h6-7,9-14,18-19H,5,8,15-16H2,1-4H3,(H,30,32)(H,31,33)/t18-,19+/m0/s1. The predicted molar refractivity (Wildman–Crippen MR) is 146 cm³/mol. The minimum absolute atomic E-state index is 0.270. The third-order valence-corrected chi connectivity index (χ3v) is 7.51. The topological polar surface area (TPSA) is 93.7 Å². The van der Waals surface area contributed by atoms with Crippen LogP contribution in [0.2, 0.25) is 0 Å². The first kappa shape index (κ1) is 26.4. The number of rotatable bonds is 8. The molecule has 7 nitrogen and oxygen atoms in total. The SMILES string of the molecule is CCOC(=O)c1c(NC(=O)c2ccc(O[C@H](C)C(=O)Nc3ccc(C)cc3)cc2)sc2c1CC[C@H](C)C2. The molecule has 194 valence electrons. The highest BCUT2D eigenvalue weighted by atomic mass is 32.1. The van der Waals surface area contributed by atoms with Crippen LogP contribution in [0.25, 0.3) is 0 Å². The number of nitrogens with one attached hydrogen (secondary N) is 2. The van der Waals surface area contributed by atoms with Gasteiger partial charge in [-0.2, -0.15) is 0 Å². The van der Waals surface area contributed by atoms with Crippen molar-refractivity contribution in [1.82, 2.24) is 0 Å². The van der Waals surface area contributed by atoms with Gasteiger partial charge in [0, 0.05) is 16.1 Å². The number of esters is 1. The highest BCUT2D eigenvalue weighted by molar-refractivity contribution is 7.17. The molecule has 2 N–H and O–H groups in total. The number of benzene rings is 2. The molecular weight excluding hydrogens is 488 g/mol. The van der Waals surface area contributed by atoms with Gasteiger partial charge in [0.05, 0.1) is 12.2 Å². The number of carbonyl (C=O) groups is 3. The van der Waals surface area contributed by atoms with Crippen molar-refractivity contribution in [2.24, 2.45) is 5.92 Å². The summed E-state index contributed by atoms with van der Waals surface area (Å²) in [6, 6.07) is 14.1. The summed E-state index contributed by atoms with van der Waals surface area (Å²) in [5, 5.41) is 6.28. The molecular formula is C29H32N2O5S. The van der Waals surface area contributed by atoms with E-state index in [4.69, 9.17) is 9.47 Å². The summed E-state index contributed by atoms with van der Waals surface area (Å²) in [6.45, 7) is 7.89. The van der Waals surface area contributed by atoms with Crippen LogP contribution in [-0.2, 0) is 22.4 Å². The van der Waals surface area contributed by atoms with Gasteiger partial charge in [0.25, 0.3) is 11.8 Å². The van der Waals surface area contributed by atoms with Crippen molar-refractivity contribution < 1.29 is 23.9 Å². The van der Waals surface area contributed by atoms with E-state index in [9.17, 15) is 14.4 Å². The molecule has 0 saturated heterocycles. The van der Waals surface area contributed by atoms with Crippen LogP contribution in [0.3, 0.4) is 0 Å². The third-order valence-electron chi connectivity index (χ3n) is 6.34. The maximum atomic E-state index is 13.0. The Morgan fingerprint density at radius 1 is 1.05 bits per heavy atom. The van der Waals surface area contributed by atoms with Crippen molar-refractivity contribution in [3.8, 4) is 5.75 Å². The molecule has 0 radical (unpaired) electrons. The summed E-state index contributed by atoms with van der Waals surface area (Å²) in [7, 11) is 0. The van der Waals surface area contributed by atoms with Crippen molar-refractivity contribution in [3.63, 3.8) is 0 Å². The zero-order valence-corrected chi connectivity index (χ0v) is 22.4. The lowest BCUT2D eigenvalue weighted by Crippen LogP contribution is -2.30. The molecule has 0 unspecified atom stereocenters. The Morgan fingerprint density at radius 2 is 1.76 bits per heavy atom. The number of carbonyl (C=O) groups excluding carboxylic acids is 3. The molecule has 1 aliphatic rings. The van der Waals surface area contributed by atoms with Crippen LogP contribution in [0.15, 0.2) is 48.5 Å². The monoisotopic (exact) mass is 520 g/mol. The molecule has 1 aliphatic carbocycles. The largest absolute Gasteiger partial charge is 0.481 e. The van der Waals surface area contributed by atoms with E-state index < -0.39 is 12.1 Å². The van der Waals surface area contributed by atoms with Crippen LogP contribution in [0.5, 0.6) is 5.75 Å². The normalized spacial score (nSPS) is 15.3. The first-order valence-electron chi connectivity index (χ1n) is 12.5. The van der Waals surface area contributed by atoms with Crippen LogP contribution in [0.4, 0.5) is 10.7 Å². The van der Waals surface area contributed by atoms with E-state index in [1.807, 2.05) is 31.2 Å². The fourth-order valence-electron chi connectivity index (χ4n) is 4.26. The van der Waals surface area contributed by atoms with Gasteiger partial charge in [-0.15, -0.1) is 11.3 Å². The molecule has 2 amide bonds. The fraction of sp³-hybridized carbons (Fsp3) is 0.345. The molecule has 0 fully saturated rings. The molecule has 1 heterocycles. The van der Waals surface area contributed by atoms with Crippen molar-refractivity contribution in [2.75, 3.05) is 17.2 Å². The molecule has 2 aromatic carbocycles. The highest BCUT2D eigenvalue weighted by Gasteiger charge is 2.29. The number of aryl methyl sites for hydroxylation is 1. The van der Waals surface area contributed by atoms with E-state index in [1.54, 1.807) is 38.1 Å². The van der Waals surface area contributed by atoms with Crippen LogP contribution < -0.4 is 15.4 Å². The summed E-state index contributed by atoms with van der Waals surface area (Å²) in [4.78, 5) is 39.4. The second kappa shape index (κ2) is 11.6. The smallest absolute Gasteiger partial charge is 0.341 e. The van der Waals surface area contributed by atoms with Gasteiger partial charge in [0.2, 0.25) is 0 Å². The van der Waals surface area contributed by atoms with E-state index in [-0.39, 0.29) is 18.4 Å². The number of ether oxygens (including phenoxy) is 2. The summed E-state index contributed by atoms with van der Waals surface area (Å²) < 4.78 is 11.1. The molecule has 0 aliphatic heterocycles. The number of hydrogen-bond donors (Lipinski definition) is 2. The van der Waals surface area contributed by atoms with E-state index in [0.717, 1.165) is 35.3 Å². The molecule has 8 heteroatoms. The van der Waals surface area contributed by atoms with Gasteiger partial charge in [-0.3, -0.25) is 9.59 Å². The summed E-state index contributed by atoms with van der Waals surface area (Å²) >= 11 is 1.46. The third kappa shape index (κ3) is 6.38. The van der Waals surface area contributed by atoms with Gasteiger partial charge >= 0.3 is 5.97 Å². The average molecular weight is 521 g/mol. The molecule has 2 atom stereocenters. The van der Waals surface area contributed by atoms with Gasteiger partial charge in [-0.25, -0.2) is 4.79 Å². The minimum Gasteiger partial charge on any atom is -0.481 e. The van der Waals surface area contributed by atoms with Gasteiger partial charge in [-0.05, 0) is 87.9 Å². The lowest BCUT2D eigenvalue weighted by molar-refractivity contribution is -0.122. The Labute approximate surface area is 221 Å². The van der Waals surface area contributed by atoms with E-state index in [2.05, 4.69) is 17.6 Å². The fourth-order valence-corrected chi connectivity index (χ4v) is 5.65. The Hall–Kier alpha value is -3.65. The maximum absolute atomic E-state index is 13.0. The molecule has 0 bridgehead atoms. The summed E-state index contributed by atoms with van der Waals surface area (Å²) in [5.74, 6) is 0.0168. The number of amides is 2. The first-order chi connectivity index (χ1) is 17.7. The van der Waals surface area contributed by atoms with Gasteiger partial charge < -0.3 is 20.1 Å². The van der Waals surface area contributed by atoms with E-state index >= 15 is 0 Å². The van der Waals surface area contributed by atoms with Gasteiger partial charge in [0.15, 0.2) is 6.10 Å².